The van der Waals surface area contributed by atoms with E-state index in [-0.39, 0.29) is 32.2 Å². The zero-order valence-corrected chi connectivity index (χ0v) is 14.9. The Morgan fingerprint density at radius 2 is 1.24 bits per heavy atom. The molecule has 0 unspecified atom stereocenters. The van der Waals surface area contributed by atoms with Crippen molar-refractivity contribution in [2.45, 2.75) is 23.5 Å². The van der Waals surface area contributed by atoms with Gasteiger partial charge in [0.2, 0.25) is 0 Å². The fourth-order valence-electron chi connectivity index (χ4n) is 2.06. The fraction of sp³-hybridized carbons (Fsp3) is 0.600. The molecule has 0 aromatic heterocycles. The Labute approximate surface area is 133 Å². The predicted molar refractivity (Wildman–Crippen MR) is 82.0 cm³/mol. The van der Waals surface area contributed by atoms with E-state index in [0.717, 1.165) is 0 Å². The molecule has 1 rings (SSSR count). The second-order valence-electron chi connectivity index (χ2n) is 4.28. The monoisotopic (exact) mass is 364 g/mol. The standard InChI is InChI=1S/C15H24O5Se/c1-16-12(14(17-2)18-3)13(15(19-4)20-5)21-11-9-7-6-8-10-11/h6-10,12-15H,1-5H3/t12-,13-/m0/s1. The van der Waals surface area contributed by atoms with Gasteiger partial charge in [0.25, 0.3) is 0 Å². The van der Waals surface area contributed by atoms with Crippen LogP contribution in [0.25, 0.3) is 0 Å². The van der Waals surface area contributed by atoms with Crippen LogP contribution in [0.1, 0.15) is 0 Å². The van der Waals surface area contributed by atoms with Gasteiger partial charge in [-0.2, -0.15) is 0 Å². The van der Waals surface area contributed by atoms with E-state index in [4.69, 9.17) is 23.7 Å². The summed E-state index contributed by atoms with van der Waals surface area (Å²) in [4.78, 5) is -0.00944. The van der Waals surface area contributed by atoms with Gasteiger partial charge in [-0.1, -0.05) is 0 Å². The third-order valence-electron chi connectivity index (χ3n) is 3.08. The van der Waals surface area contributed by atoms with Crippen molar-refractivity contribution in [1.82, 2.24) is 0 Å². The molecule has 0 heterocycles. The molecule has 0 aliphatic rings. The van der Waals surface area contributed by atoms with Gasteiger partial charge >= 0.3 is 132 Å². The third-order valence-corrected chi connectivity index (χ3v) is 5.82. The number of hydrogen-bond donors (Lipinski definition) is 0. The predicted octanol–water partition coefficient (Wildman–Crippen LogP) is 1.06. The third kappa shape index (κ3) is 5.34. The van der Waals surface area contributed by atoms with Crippen LogP contribution in [0.15, 0.2) is 30.3 Å². The van der Waals surface area contributed by atoms with E-state index in [0.29, 0.717) is 0 Å². The molecule has 0 bridgehead atoms. The minimum atomic E-state index is -0.474. The van der Waals surface area contributed by atoms with Gasteiger partial charge in [-0.25, -0.2) is 0 Å². The maximum atomic E-state index is 5.62. The normalized spacial score (nSPS) is 14.6. The van der Waals surface area contributed by atoms with Crippen molar-refractivity contribution in [3.63, 3.8) is 0 Å². The molecule has 0 aliphatic carbocycles. The van der Waals surface area contributed by atoms with Crippen LogP contribution in [0.5, 0.6) is 0 Å². The van der Waals surface area contributed by atoms with Gasteiger partial charge in [-0.15, -0.1) is 0 Å². The van der Waals surface area contributed by atoms with Crippen LogP contribution < -0.4 is 4.46 Å². The topological polar surface area (TPSA) is 46.2 Å². The summed E-state index contributed by atoms with van der Waals surface area (Å²) in [6.07, 6.45) is -1.15. The Balaban J connectivity index is 2.99. The molecule has 120 valence electrons. The van der Waals surface area contributed by atoms with Crippen molar-refractivity contribution < 1.29 is 23.7 Å². The van der Waals surface area contributed by atoms with Crippen LogP contribution in [-0.4, -0.2) is 69.2 Å². The van der Waals surface area contributed by atoms with Crippen molar-refractivity contribution >= 4 is 19.4 Å². The Bertz CT molecular complexity index is 368. The van der Waals surface area contributed by atoms with Crippen LogP contribution in [0, 0.1) is 0 Å². The Hall–Kier alpha value is -0.461. The Kier molecular flexibility index (Phi) is 9.11. The molecule has 0 aliphatic heterocycles. The summed E-state index contributed by atoms with van der Waals surface area (Å²) in [5.74, 6) is 0. The second-order valence-corrected chi connectivity index (χ2v) is 6.90. The van der Waals surface area contributed by atoms with E-state index < -0.39 is 6.29 Å². The molecule has 0 N–H and O–H groups in total. The minimum absolute atomic E-state index is 0.00944. The zero-order chi connectivity index (χ0) is 15.7. The molecule has 0 spiro atoms. The molecular formula is C15H24O5Se. The van der Waals surface area contributed by atoms with Gasteiger partial charge in [-0.05, 0) is 0 Å². The first-order chi connectivity index (χ1) is 10.2. The van der Waals surface area contributed by atoms with Crippen molar-refractivity contribution in [3.05, 3.63) is 30.3 Å². The van der Waals surface area contributed by atoms with E-state index >= 15 is 0 Å². The first-order valence-corrected chi connectivity index (χ1v) is 8.42. The van der Waals surface area contributed by atoms with Crippen molar-refractivity contribution in [2.24, 2.45) is 0 Å². The van der Waals surface area contributed by atoms with Gasteiger partial charge in [0.15, 0.2) is 0 Å². The van der Waals surface area contributed by atoms with Gasteiger partial charge in [0.05, 0.1) is 0 Å². The summed E-state index contributed by atoms with van der Waals surface area (Å²) < 4.78 is 28.5. The average Bonchev–Trinajstić information content (AvgIpc) is 2.54. The quantitative estimate of drug-likeness (QED) is 0.460. The maximum absolute atomic E-state index is 5.62. The van der Waals surface area contributed by atoms with E-state index in [1.807, 2.05) is 18.2 Å². The van der Waals surface area contributed by atoms with Crippen molar-refractivity contribution in [2.75, 3.05) is 35.5 Å². The van der Waals surface area contributed by atoms with E-state index in [2.05, 4.69) is 12.1 Å². The molecule has 0 radical (unpaired) electrons. The number of ether oxygens (including phenoxy) is 5. The molecule has 0 fully saturated rings. The fourth-order valence-corrected chi connectivity index (χ4v) is 4.86. The first kappa shape index (κ1) is 18.6. The molecule has 0 amide bonds. The zero-order valence-electron chi connectivity index (χ0n) is 13.1. The summed E-state index contributed by atoms with van der Waals surface area (Å²) >= 11 is 0.0773. The van der Waals surface area contributed by atoms with Crippen LogP contribution in [0.2, 0.25) is 4.82 Å². The molecule has 21 heavy (non-hydrogen) atoms. The number of rotatable bonds is 10. The van der Waals surface area contributed by atoms with E-state index in [9.17, 15) is 0 Å². The summed E-state index contributed by atoms with van der Waals surface area (Å²) in [6.45, 7) is 0. The summed E-state index contributed by atoms with van der Waals surface area (Å²) in [7, 11) is 8.10. The molecular weight excluding hydrogens is 339 g/mol. The van der Waals surface area contributed by atoms with Gasteiger partial charge in [0.1, 0.15) is 0 Å². The van der Waals surface area contributed by atoms with Crippen LogP contribution in [-0.2, 0) is 23.7 Å². The van der Waals surface area contributed by atoms with Gasteiger partial charge < -0.3 is 0 Å². The van der Waals surface area contributed by atoms with Crippen LogP contribution in [0.4, 0.5) is 0 Å². The number of hydrogen-bond acceptors (Lipinski definition) is 5. The van der Waals surface area contributed by atoms with Crippen molar-refractivity contribution in [1.29, 1.82) is 0 Å². The number of methoxy groups -OCH3 is 5. The van der Waals surface area contributed by atoms with Crippen LogP contribution in [0.3, 0.4) is 0 Å². The molecule has 5 nitrogen and oxygen atoms in total. The molecule has 1 aromatic carbocycles. The molecule has 2 atom stereocenters. The molecule has 6 heteroatoms. The molecule has 1 aromatic rings. The molecule has 0 saturated carbocycles. The van der Waals surface area contributed by atoms with Crippen molar-refractivity contribution in [3.8, 4) is 0 Å². The van der Waals surface area contributed by atoms with E-state index in [1.165, 1.54) is 4.46 Å². The first-order valence-electron chi connectivity index (χ1n) is 6.57. The number of benzene rings is 1. The average molecular weight is 363 g/mol. The summed E-state index contributed by atoms with van der Waals surface area (Å²) in [5.41, 5.74) is 0. The second kappa shape index (κ2) is 10.3. The van der Waals surface area contributed by atoms with E-state index in [1.54, 1.807) is 35.5 Å². The van der Waals surface area contributed by atoms with Gasteiger partial charge in [0, 0.05) is 0 Å². The SMILES string of the molecule is COC(OC)[C@@H](OC)[C@H]([Se]c1ccccc1)C(OC)OC. The van der Waals surface area contributed by atoms with Gasteiger partial charge in [-0.3, -0.25) is 0 Å². The Morgan fingerprint density at radius 3 is 1.67 bits per heavy atom. The molecule has 0 saturated heterocycles. The van der Waals surface area contributed by atoms with Crippen LogP contribution >= 0.6 is 0 Å². The summed E-state index contributed by atoms with van der Waals surface area (Å²) in [5, 5.41) is 0. The summed E-state index contributed by atoms with van der Waals surface area (Å²) in [6, 6.07) is 10.2. The Morgan fingerprint density at radius 1 is 0.714 bits per heavy atom.